The summed E-state index contributed by atoms with van der Waals surface area (Å²) in [5.41, 5.74) is 12.3. The number of fused-ring (bicyclic) bond motifs is 1. The summed E-state index contributed by atoms with van der Waals surface area (Å²) in [4.78, 5) is 11.5. The van der Waals surface area contributed by atoms with Gasteiger partial charge in [0, 0.05) is 12.1 Å². The van der Waals surface area contributed by atoms with Gasteiger partial charge in [0.05, 0.1) is 22.9 Å². The van der Waals surface area contributed by atoms with E-state index < -0.39 is 0 Å². The standard InChI is InChI=1S/C9H9ClN2O2/c10-4-3-5(11)7-6(13)1-2-14-9(7)8(4)12/h3H,1-2,11-12H2. The van der Waals surface area contributed by atoms with Crippen molar-refractivity contribution in [1.82, 2.24) is 0 Å². The minimum Gasteiger partial charge on any atom is -0.490 e. The second kappa shape index (κ2) is 3.06. The number of nitrogen functional groups attached to an aromatic ring is 2. The molecule has 0 aromatic heterocycles. The first-order valence-electron chi connectivity index (χ1n) is 4.14. The van der Waals surface area contributed by atoms with Gasteiger partial charge >= 0.3 is 0 Å². The fourth-order valence-corrected chi connectivity index (χ4v) is 1.67. The summed E-state index contributed by atoms with van der Waals surface area (Å²) >= 11 is 5.80. The summed E-state index contributed by atoms with van der Waals surface area (Å²) in [7, 11) is 0. The van der Waals surface area contributed by atoms with Crippen molar-refractivity contribution in [3.63, 3.8) is 0 Å². The Morgan fingerprint density at radius 3 is 2.86 bits per heavy atom. The van der Waals surface area contributed by atoms with E-state index in [0.717, 1.165) is 0 Å². The lowest BCUT2D eigenvalue weighted by atomic mass is 10.0. The summed E-state index contributed by atoms with van der Waals surface area (Å²) in [6, 6.07) is 1.47. The van der Waals surface area contributed by atoms with Crippen molar-refractivity contribution >= 4 is 28.8 Å². The van der Waals surface area contributed by atoms with Gasteiger partial charge in [-0.05, 0) is 6.07 Å². The monoisotopic (exact) mass is 212 g/mol. The van der Waals surface area contributed by atoms with Gasteiger partial charge in [0.15, 0.2) is 11.5 Å². The highest BCUT2D eigenvalue weighted by Gasteiger charge is 2.24. The molecule has 0 amide bonds. The summed E-state index contributed by atoms with van der Waals surface area (Å²) < 4.78 is 5.28. The molecule has 1 aromatic rings. The summed E-state index contributed by atoms with van der Waals surface area (Å²) in [6.07, 6.45) is 0.332. The Labute approximate surface area is 85.8 Å². The van der Waals surface area contributed by atoms with E-state index in [-0.39, 0.29) is 11.5 Å². The molecule has 4 N–H and O–H groups in total. The normalized spacial score (nSPS) is 14.8. The van der Waals surface area contributed by atoms with Gasteiger partial charge in [0.25, 0.3) is 0 Å². The molecule has 1 heterocycles. The Morgan fingerprint density at radius 2 is 2.14 bits per heavy atom. The molecular weight excluding hydrogens is 204 g/mol. The van der Waals surface area contributed by atoms with Crippen LogP contribution in [0.1, 0.15) is 16.8 Å². The number of halogens is 1. The van der Waals surface area contributed by atoms with Crippen molar-refractivity contribution in [2.45, 2.75) is 6.42 Å². The Balaban J connectivity index is 2.72. The van der Waals surface area contributed by atoms with Crippen molar-refractivity contribution in [3.05, 3.63) is 16.7 Å². The van der Waals surface area contributed by atoms with Crippen LogP contribution in [0.4, 0.5) is 11.4 Å². The quantitative estimate of drug-likeness (QED) is 0.639. The van der Waals surface area contributed by atoms with Crippen LogP contribution in [0.2, 0.25) is 5.02 Å². The molecule has 2 rings (SSSR count). The average Bonchev–Trinajstić information content (AvgIpc) is 2.14. The van der Waals surface area contributed by atoms with Crippen LogP contribution in [-0.2, 0) is 0 Å². The lowest BCUT2D eigenvalue weighted by molar-refractivity contribution is 0.0935. The van der Waals surface area contributed by atoms with E-state index in [4.69, 9.17) is 27.8 Å². The van der Waals surface area contributed by atoms with Gasteiger partial charge in [-0.3, -0.25) is 4.79 Å². The first kappa shape index (κ1) is 9.15. The molecular formula is C9H9ClN2O2. The molecule has 4 nitrogen and oxygen atoms in total. The van der Waals surface area contributed by atoms with E-state index in [1.54, 1.807) is 0 Å². The molecule has 1 aliphatic heterocycles. The third kappa shape index (κ3) is 1.19. The van der Waals surface area contributed by atoms with E-state index >= 15 is 0 Å². The maximum absolute atomic E-state index is 11.5. The first-order chi connectivity index (χ1) is 6.61. The van der Waals surface area contributed by atoms with Gasteiger partial charge < -0.3 is 16.2 Å². The van der Waals surface area contributed by atoms with E-state index in [0.29, 0.717) is 35.1 Å². The zero-order valence-electron chi connectivity index (χ0n) is 7.34. The zero-order valence-corrected chi connectivity index (χ0v) is 8.10. The highest BCUT2D eigenvalue weighted by molar-refractivity contribution is 6.34. The number of hydrogen-bond acceptors (Lipinski definition) is 4. The van der Waals surface area contributed by atoms with Gasteiger partial charge in [0.2, 0.25) is 0 Å². The molecule has 0 saturated heterocycles. The van der Waals surface area contributed by atoms with Gasteiger partial charge in [-0.1, -0.05) is 11.6 Å². The number of ketones is 1. The van der Waals surface area contributed by atoms with Gasteiger partial charge in [-0.15, -0.1) is 0 Å². The van der Waals surface area contributed by atoms with Crippen LogP contribution in [0.3, 0.4) is 0 Å². The molecule has 0 bridgehead atoms. The topological polar surface area (TPSA) is 78.3 Å². The molecule has 0 unspecified atom stereocenters. The number of nitrogens with two attached hydrogens (primary N) is 2. The zero-order chi connectivity index (χ0) is 10.3. The molecule has 0 atom stereocenters. The van der Waals surface area contributed by atoms with E-state index in [9.17, 15) is 4.79 Å². The molecule has 1 aromatic carbocycles. The van der Waals surface area contributed by atoms with Crippen LogP contribution < -0.4 is 16.2 Å². The summed E-state index contributed by atoms with van der Waals surface area (Å²) in [5, 5.41) is 0.316. The van der Waals surface area contributed by atoms with Crippen LogP contribution in [0.5, 0.6) is 5.75 Å². The minimum absolute atomic E-state index is 0.0490. The van der Waals surface area contributed by atoms with Gasteiger partial charge in [-0.2, -0.15) is 0 Å². The molecule has 14 heavy (non-hydrogen) atoms. The van der Waals surface area contributed by atoms with Crippen LogP contribution in [0.15, 0.2) is 6.07 Å². The Kier molecular flexibility index (Phi) is 2.00. The predicted octanol–water partition coefficient (Wildman–Crippen LogP) is 1.47. The second-order valence-corrected chi connectivity index (χ2v) is 3.49. The van der Waals surface area contributed by atoms with Gasteiger partial charge in [-0.25, -0.2) is 0 Å². The smallest absolute Gasteiger partial charge is 0.172 e. The van der Waals surface area contributed by atoms with Crippen LogP contribution in [0.25, 0.3) is 0 Å². The van der Waals surface area contributed by atoms with E-state index in [1.165, 1.54) is 6.07 Å². The number of rotatable bonds is 0. The maximum atomic E-state index is 11.5. The molecule has 0 saturated carbocycles. The number of hydrogen-bond donors (Lipinski definition) is 2. The number of anilines is 2. The number of carbonyl (C=O) groups excluding carboxylic acids is 1. The second-order valence-electron chi connectivity index (χ2n) is 3.09. The van der Waals surface area contributed by atoms with Crippen LogP contribution in [-0.4, -0.2) is 12.4 Å². The number of carbonyl (C=O) groups is 1. The molecule has 0 radical (unpaired) electrons. The Hall–Kier alpha value is -1.42. The van der Waals surface area contributed by atoms with E-state index in [2.05, 4.69) is 0 Å². The maximum Gasteiger partial charge on any atom is 0.172 e. The minimum atomic E-state index is -0.0490. The predicted molar refractivity (Wildman–Crippen MR) is 54.7 cm³/mol. The lowest BCUT2D eigenvalue weighted by Crippen LogP contribution is -2.18. The average molecular weight is 213 g/mol. The van der Waals surface area contributed by atoms with Gasteiger partial charge in [0.1, 0.15) is 0 Å². The molecule has 0 fully saturated rings. The van der Waals surface area contributed by atoms with Crippen molar-refractivity contribution in [2.24, 2.45) is 0 Å². The summed E-state index contributed by atoms with van der Waals surface area (Å²) in [5.74, 6) is 0.276. The molecule has 0 aliphatic carbocycles. The van der Waals surface area contributed by atoms with Crippen LogP contribution >= 0.6 is 11.6 Å². The molecule has 5 heteroatoms. The summed E-state index contributed by atoms with van der Waals surface area (Å²) in [6.45, 7) is 0.329. The number of Topliss-reactive ketones (excluding diaryl/α,β-unsaturated/α-hetero) is 1. The first-order valence-corrected chi connectivity index (χ1v) is 4.52. The highest BCUT2D eigenvalue weighted by atomic mass is 35.5. The van der Waals surface area contributed by atoms with Crippen LogP contribution in [0, 0.1) is 0 Å². The molecule has 74 valence electrons. The highest BCUT2D eigenvalue weighted by Crippen LogP contribution is 2.39. The van der Waals surface area contributed by atoms with E-state index in [1.807, 2.05) is 0 Å². The lowest BCUT2D eigenvalue weighted by Gasteiger charge is -2.20. The third-order valence-corrected chi connectivity index (χ3v) is 2.47. The Morgan fingerprint density at radius 1 is 1.43 bits per heavy atom. The fourth-order valence-electron chi connectivity index (χ4n) is 1.47. The number of benzene rings is 1. The molecule has 1 aliphatic rings. The third-order valence-electron chi connectivity index (χ3n) is 2.15. The Bertz CT molecular complexity index is 418. The van der Waals surface area contributed by atoms with Crippen molar-refractivity contribution in [3.8, 4) is 5.75 Å². The van der Waals surface area contributed by atoms with Crippen molar-refractivity contribution < 1.29 is 9.53 Å². The number of ether oxygens (including phenoxy) is 1. The fraction of sp³-hybridized carbons (Fsp3) is 0.222. The largest absolute Gasteiger partial charge is 0.490 e. The SMILES string of the molecule is Nc1cc(Cl)c(N)c2c1C(=O)CCO2. The molecule has 0 spiro atoms. The van der Waals surface area contributed by atoms with Crippen molar-refractivity contribution in [2.75, 3.05) is 18.1 Å². The van der Waals surface area contributed by atoms with Crippen molar-refractivity contribution in [1.29, 1.82) is 0 Å².